The standard InChI is InChI=1S/C24H35N5O4/c1-15(2)28-21-7-5-6-8-22(21)29(24(28)33)23(32)25-17-11-18-9-10-19(12-17)27(18)14-20(31)13-26(4)16(3)30/h5-8,15,17-20,31H,9-14H2,1-4H3,(H,25,32)/t17-,18-,19+,20-/m0/s1. The van der Waals surface area contributed by atoms with E-state index in [1.54, 1.807) is 17.7 Å². The number of piperidine rings is 1. The summed E-state index contributed by atoms with van der Waals surface area (Å²) >= 11 is 0. The predicted octanol–water partition coefficient (Wildman–Crippen LogP) is 1.78. The first-order chi connectivity index (χ1) is 15.7. The molecule has 2 aromatic rings. The van der Waals surface area contributed by atoms with Crippen molar-refractivity contribution in [1.29, 1.82) is 0 Å². The van der Waals surface area contributed by atoms with Crippen LogP contribution in [-0.2, 0) is 4.79 Å². The molecule has 2 saturated heterocycles. The fourth-order valence-electron chi connectivity index (χ4n) is 5.54. The Kier molecular flexibility index (Phi) is 6.63. The van der Waals surface area contributed by atoms with Crippen molar-refractivity contribution in [2.24, 2.45) is 0 Å². The number of amides is 2. The van der Waals surface area contributed by atoms with Gasteiger partial charge in [0.1, 0.15) is 0 Å². The molecule has 2 aliphatic heterocycles. The Morgan fingerprint density at radius 3 is 2.33 bits per heavy atom. The maximum atomic E-state index is 13.2. The Hall–Kier alpha value is -2.65. The SMILES string of the molecule is CC(=O)N(C)C[C@H](O)CN1[C@@H]2CC[C@H]1C[C@H](NC(=O)n1c(=O)n(C(C)C)c3ccccc31)C2. The number of aliphatic hydroxyl groups is 1. The third kappa shape index (κ3) is 4.56. The molecular weight excluding hydrogens is 422 g/mol. The number of aromatic nitrogens is 2. The molecule has 4 rings (SSSR count). The number of carbonyl (C=O) groups is 2. The number of nitrogens with one attached hydrogen (secondary N) is 1. The molecule has 3 heterocycles. The molecule has 4 atom stereocenters. The molecule has 9 heteroatoms. The molecule has 2 bridgehead atoms. The maximum absolute atomic E-state index is 13.2. The van der Waals surface area contributed by atoms with Crippen molar-refractivity contribution in [3.8, 4) is 0 Å². The van der Waals surface area contributed by atoms with Gasteiger partial charge >= 0.3 is 11.7 Å². The molecule has 2 fully saturated rings. The highest BCUT2D eigenvalue weighted by atomic mass is 16.3. The lowest BCUT2D eigenvalue weighted by atomic mass is 9.97. The van der Waals surface area contributed by atoms with Crippen LogP contribution in [-0.4, -0.2) is 80.3 Å². The van der Waals surface area contributed by atoms with Gasteiger partial charge < -0.3 is 15.3 Å². The van der Waals surface area contributed by atoms with Crippen LogP contribution in [0, 0.1) is 0 Å². The van der Waals surface area contributed by atoms with Crippen LogP contribution in [0.3, 0.4) is 0 Å². The van der Waals surface area contributed by atoms with E-state index >= 15 is 0 Å². The van der Waals surface area contributed by atoms with Crippen LogP contribution in [0.2, 0.25) is 0 Å². The number of fused-ring (bicyclic) bond motifs is 3. The Bertz CT molecular complexity index is 1080. The number of hydrogen-bond acceptors (Lipinski definition) is 5. The van der Waals surface area contributed by atoms with Gasteiger partial charge in [0.2, 0.25) is 5.91 Å². The van der Waals surface area contributed by atoms with E-state index in [2.05, 4.69) is 10.2 Å². The summed E-state index contributed by atoms with van der Waals surface area (Å²) in [7, 11) is 1.69. The second-order valence-corrected chi connectivity index (χ2v) is 9.82. The minimum absolute atomic E-state index is 0.0173. The predicted molar refractivity (Wildman–Crippen MR) is 126 cm³/mol. The van der Waals surface area contributed by atoms with Crippen molar-refractivity contribution in [2.45, 2.75) is 76.7 Å². The molecule has 1 aromatic carbocycles. The van der Waals surface area contributed by atoms with Gasteiger partial charge in [-0.05, 0) is 51.7 Å². The minimum atomic E-state index is -0.603. The first kappa shape index (κ1) is 23.5. The maximum Gasteiger partial charge on any atom is 0.337 e. The second kappa shape index (κ2) is 9.30. The van der Waals surface area contributed by atoms with E-state index in [4.69, 9.17) is 0 Å². The van der Waals surface area contributed by atoms with E-state index in [1.165, 1.54) is 16.4 Å². The van der Waals surface area contributed by atoms with Crippen LogP contribution in [0.15, 0.2) is 29.1 Å². The molecule has 2 aliphatic rings. The van der Waals surface area contributed by atoms with Crippen LogP contribution >= 0.6 is 0 Å². The fourth-order valence-corrected chi connectivity index (χ4v) is 5.54. The highest BCUT2D eigenvalue weighted by molar-refractivity contribution is 5.89. The molecule has 0 radical (unpaired) electrons. The van der Waals surface area contributed by atoms with Crippen molar-refractivity contribution in [1.82, 2.24) is 24.3 Å². The molecule has 0 saturated carbocycles. The zero-order valence-electron chi connectivity index (χ0n) is 19.9. The van der Waals surface area contributed by atoms with Crippen molar-refractivity contribution >= 4 is 23.0 Å². The molecular formula is C24H35N5O4. The van der Waals surface area contributed by atoms with Crippen LogP contribution in [0.25, 0.3) is 11.0 Å². The molecule has 0 aliphatic carbocycles. The van der Waals surface area contributed by atoms with Gasteiger partial charge in [-0.15, -0.1) is 0 Å². The summed E-state index contributed by atoms with van der Waals surface area (Å²) in [5, 5.41) is 13.6. The molecule has 33 heavy (non-hydrogen) atoms. The number of benzene rings is 1. The van der Waals surface area contributed by atoms with Gasteiger partial charge in [-0.3, -0.25) is 14.3 Å². The highest BCUT2D eigenvalue weighted by Gasteiger charge is 2.42. The summed E-state index contributed by atoms with van der Waals surface area (Å²) in [5.74, 6) is -0.0625. The Balaban J connectivity index is 1.44. The van der Waals surface area contributed by atoms with Gasteiger partial charge in [0.05, 0.1) is 17.1 Å². The monoisotopic (exact) mass is 457 g/mol. The Labute approximate surface area is 194 Å². The van der Waals surface area contributed by atoms with Crippen molar-refractivity contribution in [3.63, 3.8) is 0 Å². The van der Waals surface area contributed by atoms with Gasteiger partial charge in [-0.1, -0.05) is 12.1 Å². The summed E-state index contributed by atoms with van der Waals surface area (Å²) in [6, 6.07) is 7.49. The lowest BCUT2D eigenvalue weighted by Gasteiger charge is -2.40. The number of nitrogens with zero attached hydrogens (tertiary/aromatic N) is 4. The number of aliphatic hydroxyl groups excluding tert-OH is 1. The van der Waals surface area contributed by atoms with Gasteiger partial charge in [0.15, 0.2) is 0 Å². The summed E-state index contributed by atoms with van der Waals surface area (Å²) in [5.41, 5.74) is 1.06. The topological polar surface area (TPSA) is 99.8 Å². The number of carbonyl (C=O) groups excluding carboxylic acids is 2. The van der Waals surface area contributed by atoms with Crippen LogP contribution in [0.4, 0.5) is 4.79 Å². The Morgan fingerprint density at radius 2 is 1.76 bits per heavy atom. The molecule has 9 nitrogen and oxygen atoms in total. The van der Waals surface area contributed by atoms with Crippen LogP contribution < -0.4 is 11.0 Å². The summed E-state index contributed by atoms with van der Waals surface area (Å²) < 4.78 is 2.91. The zero-order chi connectivity index (χ0) is 23.9. The lowest BCUT2D eigenvalue weighted by Crippen LogP contribution is -2.54. The third-order valence-corrected chi connectivity index (χ3v) is 7.15. The highest BCUT2D eigenvalue weighted by Crippen LogP contribution is 2.36. The molecule has 2 amide bonds. The number of para-hydroxylation sites is 2. The van der Waals surface area contributed by atoms with Crippen molar-refractivity contribution in [2.75, 3.05) is 20.1 Å². The van der Waals surface area contributed by atoms with E-state index in [0.29, 0.717) is 18.6 Å². The lowest BCUT2D eigenvalue weighted by molar-refractivity contribution is -0.129. The third-order valence-electron chi connectivity index (χ3n) is 7.15. The van der Waals surface area contributed by atoms with Crippen molar-refractivity contribution < 1.29 is 14.7 Å². The molecule has 2 N–H and O–H groups in total. The van der Waals surface area contributed by atoms with Gasteiger partial charge in [-0.2, -0.15) is 0 Å². The van der Waals surface area contributed by atoms with E-state index in [0.717, 1.165) is 31.2 Å². The molecule has 180 valence electrons. The van der Waals surface area contributed by atoms with Gasteiger partial charge in [-0.25, -0.2) is 14.2 Å². The number of rotatable bonds is 6. The first-order valence-corrected chi connectivity index (χ1v) is 11.9. The smallest absolute Gasteiger partial charge is 0.337 e. The molecule has 0 spiro atoms. The fraction of sp³-hybridized carbons (Fsp3) is 0.625. The van der Waals surface area contributed by atoms with Gasteiger partial charge in [0.25, 0.3) is 0 Å². The molecule has 1 aromatic heterocycles. The van der Waals surface area contributed by atoms with Crippen LogP contribution in [0.1, 0.15) is 52.5 Å². The normalized spacial score (nSPS) is 23.8. The molecule has 0 unspecified atom stereocenters. The van der Waals surface area contributed by atoms with E-state index < -0.39 is 6.10 Å². The zero-order valence-corrected chi connectivity index (χ0v) is 19.9. The number of imidazole rings is 1. The minimum Gasteiger partial charge on any atom is -0.390 e. The van der Waals surface area contributed by atoms with E-state index in [1.807, 2.05) is 32.0 Å². The quantitative estimate of drug-likeness (QED) is 0.689. The van der Waals surface area contributed by atoms with E-state index in [-0.39, 0.29) is 41.8 Å². The summed E-state index contributed by atoms with van der Waals surface area (Å²) in [6.07, 6.45) is 3.02. The average Bonchev–Trinajstić information content (AvgIpc) is 3.16. The summed E-state index contributed by atoms with van der Waals surface area (Å²) in [4.78, 5) is 41.6. The van der Waals surface area contributed by atoms with Gasteiger partial charge in [0, 0.05) is 51.2 Å². The van der Waals surface area contributed by atoms with E-state index in [9.17, 15) is 19.5 Å². The summed E-state index contributed by atoms with van der Waals surface area (Å²) in [6.45, 7) is 6.20. The van der Waals surface area contributed by atoms with Crippen LogP contribution in [0.5, 0.6) is 0 Å². The first-order valence-electron chi connectivity index (χ1n) is 11.9. The number of likely N-dealkylation sites (N-methyl/N-ethyl adjacent to an activating group) is 1. The second-order valence-electron chi connectivity index (χ2n) is 9.82. The number of hydrogen-bond donors (Lipinski definition) is 2. The average molecular weight is 458 g/mol. The Morgan fingerprint density at radius 1 is 1.15 bits per heavy atom. The van der Waals surface area contributed by atoms with Crippen molar-refractivity contribution in [3.05, 3.63) is 34.7 Å². The largest absolute Gasteiger partial charge is 0.390 e.